The van der Waals surface area contributed by atoms with E-state index in [1.54, 1.807) is 6.92 Å². The highest BCUT2D eigenvalue weighted by Crippen LogP contribution is 2.14. The number of hydrogen-bond donors (Lipinski definition) is 0. The molecule has 0 amide bonds. The third-order valence-electron chi connectivity index (χ3n) is 1.91. The lowest BCUT2D eigenvalue weighted by atomic mass is 10.2. The van der Waals surface area contributed by atoms with Gasteiger partial charge in [-0.15, -0.1) is 0 Å². The second-order valence-corrected chi connectivity index (χ2v) is 3.80. The molecule has 0 saturated carbocycles. The molecule has 0 unspecified atom stereocenters. The SMILES string of the molecule is CCOC(=O)C(=O)Cc1nccnc1OC(C)C. The molecule has 18 heavy (non-hydrogen) atoms. The summed E-state index contributed by atoms with van der Waals surface area (Å²) in [7, 11) is 0. The zero-order chi connectivity index (χ0) is 13.5. The molecule has 0 aliphatic rings. The normalized spacial score (nSPS) is 10.2. The molecule has 0 aliphatic carbocycles. The van der Waals surface area contributed by atoms with Crippen molar-refractivity contribution < 1.29 is 19.1 Å². The van der Waals surface area contributed by atoms with Gasteiger partial charge in [0.05, 0.1) is 19.1 Å². The number of carbonyl (C=O) groups is 2. The first kappa shape index (κ1) is 14.1. The zero-order valence-corrected chi connectivity index (χ0v) is 10.7. The molecule has 1 rings (SSSR count). The Hall–Kier alpha value is -1.98. The van der Waals surface area contributed by atoms with Gasteiger partial charge in [-0.25, -0.2) is 9.78 Å². The maximum absolute atomic E-state index is 11.5. The molecule has 0 N–H and O–H groups in total. The van der Waals surface area contributed by atoms with Gasteiger partial charge in [-0.3, -0.25) is 9.78 Å². The Kier molecular flexibility index (Phi) is 5.23. The van der Waals surface area contributed by atoms with Crippen LogP contribution in [0.4, 0.5) is 0 Å². The zero-order valence-electron chi connectivity index (χ0n) is 10.7. The molecule has 0 fully saturated rings. The maximum atomic E-state index is 11.5. The molecule has 0 radical (unpaired) electrons. The number of Topliss-reactive ketones (excluding diaryl/α,β-unsaturated/α-hetero) is 1. The smallest absolute Gasteiger partial charge is 0.375 e. The molecule has 0 saturated heterocycles. The maximum Gasteiger partial charge on any atom is 0.375 e. The van der Waals surface area contributed by atoms with E-state index in [0.717, 1.165) is 0 Å². The van der Waals surface area contributed by atoms with E-state index >= 15 is 0 Å². The molecule has 1 heterocycles. The van der Waals surface area contributed by atoms with Crippen molar-refractivity contribution in [3.05, 3.63) is 18.1 Å². The summed E-state index contributed by atoms with van der Waals surface area (Å²) in [5.41, 5.74) is 0.337. The van der Waals surface area contributed by atoms with Crippen LogP contribution in [0.25, 0.3) is 0 Å². The Morgan fingerprint density at radius 2 is 1.94 bits per heavy atom. The van der Waals surface area contributed by atoms with Crippen LogP contribution >= 0.6 is 0 Å². The van der Waals surface area contributed by atoms with Crippen LogP contribution in [0.5, 0.6) is 5.88 Å². The van der Waals surface area contributed by atoms with Crippen LogP contribution in [0, 0.1) is 0 Å². The number of ether oxygens (including phenoxy) is 2. The molecule has 1 aromatic heterocycles. The molecule has 0 atom stereocenters. The van der Waals surface area contributed by atoms with E-state index in [4.69, 9.17) is 4.74 Å². The van der Waals surface area contributed by atoms with Crippen LogP contribution in [0.3, 0.4) is 0 Å². The van der Waals surface area contributed by atoms with Crippen molar-refractivity contribution in [1.82, 2.24) is 9.97 Å². The molecule has 0 spiro atoms. The minimum Gasteiger partial charge on any atom is -0.474 e. The first-order valence-electron chi connectivity index (χ1n) is 5.71. The van der Waals surface area contributed by atoms with Gasteiger partial charge >= 0.3 is 5.97 Å². The predicted molar refractivity (Wildman–Crippen MR) is 63.1 cm³/mol. The second kappa shape index (κ2) is 6.68. The Labute approximate surface area is 105 Å². The van der Waals surface area contributed by atoms with E-state index in [0.29, 0.717) is 5.69 Å². The average molecular weight is 252 g/mol. The van der Waals surface area contributed by atoms with Gasteiger partial charge in [-0.1, -0.05) is 0 Å². The number of esters is 1. The van der Waals surface area contributed by atoms with Crippen LogP contribution < -0.4 is 4.74 Å². The number of carbonyl (C=O) groups excluding carboxylic acids is 2. The van der Waals surface area contributed by atoms with Crippen molar-refractivity contribution in [3.63, 3.8) is 0 Å². The van der Waals surface area contributed by atoms with E-state index in [9.17, 15) is 9.59 Å². The van der Waals surface area contributed by atoms with E-state index in [2.05, 4.69) is 14.7 Å². The van der Waals surface area contributed by atoms with Gasteiger partial charge in [0.25, 0.3) is 0 Å². The molecule has 6 nitrogen and oxygen atoms in total. The Morgan fingerprint density at radius 3 is 2.56 bits per heavy atom. The van der Waals surface area contributed by atoms with Crippen LogP contribution in [-0.4, -0.2) is 34.4 Å². The third kappa shape index (κ3) is 4.12. The molecule has 6 heteroatoms. The lowest BCUT2D eigenvalue weighted by Crippen LogP contribution is -2.21. The van der Waals surface area contributed by atoms with E-state index in [1.807, 2.05) is 13.8 Å². The highest BCUT2D eigenvalue weighted by atomic mass is 16.5. The highest BCUT2D eigenvalue weighted by molar-refractivity contribution is 6.34. The molecule has 0 aromatic carbocycles. The number of rotatable bonds is 6. The quantitative estimate of drug-likeness (QED) is 0.553. The summed E-state index contributed by atoms with van der Waals surface area (Å²) in [6.45, 7) is 5.48. The lowest BCUT2D eigenvalue weighted by molar-refractivity contribution is -0.153. The van der Waals surface area contributed by atoms with Gasteiger partial charge in [0, 0.05) is 12.4 Å². The van der Waals surface area contributed by atoms with E-state index in [1.165, 1.54) is 12.4 Å². The fraction of sp³-hybridized carbons (Fsp3) is 0.500. The minimum absolute atomic E-state index is 0.0851. The van der Waals surface area contributed by atoms with Crippen molar-refractivity contribution in [2.24, 2.45) is 0 Å². The monoisotopic (exact) mass is 252 g/mol. The number of nitrogens with zero attached hydrogens (tertiary/aromatic N) is 2. The average Bonchev–Trinajstić information content (AvgIpc) is 2.31. The largest absolute Gasteiger partial charge is 0.474 e. The standard InChI is InChI=1S/C12H16N2O4/c1-4-17-12(16)10(15)7-9-11(18-8(2)3)14-6-5-13-9/h5-6,8H,4,7H2,1-3H3. The minimum atomic E-state index is -0.862. The lowest BCUT2D eigenvalue weighted by Gasteiger charge is -2.11. The van der Waals surface area contributed by atoms with Gasteiger partial charge < -0.3 is 9.47 Å². The van der Waals surface area contributed by atoms with Gasteiger partial charge in [0.1, 0.15) is 5.69 Å². The van der Waals surface area contributed by atoms with Gasteiger partial charge in [-0.2, -0.15) is 0 Å². The van der Waals surface area contributed by atoms with Crippen molar-refractivity contribution >= 4 is 11.8 Å². The van der Waals surface area contributed by atoms with Gasteiger partial charge in [0.2, 0.25) is 11.7 Å². The van der Waals surface area contributed by atoms with E-state index in [-0.39, 0.29) is 25.0 Å². The molecule has 0 aliphatic heterocycles. The van der Waals surface area contributed by atoms with Gasteiger partial charge in [-0.05, 0) is 20.8 Å². The Morgan fingerprint density at radius 1 is 1.28 bits per heavy atom. The summed E-state index contributed by atoms with van der Waals surface area (Å²) < 4.78 is 10.0. The Bertz CT molecular complexity index is 432. The predicted octanol–water partition coefficient (Wildman–Crippen LogP) is 0.938. The van der Waals surface area contributed by atoms with Crippen molar-refractivity contribution in [2.45, 2.75) is 33.3 Å². The summed E-state index contributed by atoms with van der Waals surface area (Å²) in [6.07, 6.45) is 2.66. The second-order valence-electron chi connectivity index (χ2n) is 3.80. The summed E-state index contributed by atoms with van der Waals surface area (Å²) >= 11 is 0. The topological polar surface area (TPSA) is 78.4 Å². The summed E-state index contributed by atoms with van der Waals surface area (Å²) in [5.74, 6) is -1.25. The first-order chi connectivity index (χ1) is 8.54. The van der Waals surface area contributed by atoms with Crippen LogP contribution in [-0.2, 0) is 20.7 Å². The van der Waals surface area contributed by atoms with E-state index < -0.39 is 11.8 Å². The van der Waals surface area contributed by atoms with Crippen molar-refractivity contribution in [2.75, 3.05) is 6.61 Å². The van der Waals surface area contributed by atoms with Crippen LogP contribution in [0.1, 0.15) is 26.5 Å². The number of ketones is 1. The fourth-order valence-corrected chi connectivity index (χ4v) is 1.23. The molecule has 98 valence electrons. The van der Waals surface area contributed by atoms with Crippen LogP contribution in [0.2, 0.25) is 0 Å². The molecular weight excluding hydrogens is 236 g/mol. The molecule has 1 aromatic rings. The summed E-state index contributed by atoms with van der Waals surface area (Å²) in [5, 5.41) is 0. The molecule has 0 bridgehead atoms. The Balaban J connectivity index is 2.77. The number of aromatic nitrogens is 2. The van der Waals surface area contributed by atoms with Gasteiger partial charge in [0.15, 0.2) is 0 Å². The highest BCUT2D eigenvalue weighted by Gasteiger charge is 2.19. The fourth-order valence-electron chi connectivity index (χ4n) is 1.23. The summed E-state index contributed by atoms with van der Waals surface area (Å²) in [6, 6.07) is 0. The molecular formula is C12H16N2O4. The first-order valence-corrected chi connectivity index (χ1v) is 5.71. The summed E-state index contributed by atoms with van der Waals surface area (Å²) in [4.78, 5) is 30.7. The van der Waals surface area contributed by atoms with Crippen molar-refractivity contribution in [3.8, 4) is 5.88 Å². The van der Waals surface area contributed by atoms with Crippen LogP contribution in [0.15, 0.2) is 12.4 Å². The number of hydrogen-bond acceptors (Lipinski definition) is 6. The van der Waals surface area contributed by atoms with Crippen molar-refractivity contribution in [1.29, 1.82) is 0 Å². The third-order valence-corrected chi connectivity index (χ3v) is 1.91.